The predicted octanol–water partition coefficient (Wildman–Crippen LogP) is 2.75. The molecular formula is C21H24N2O5. The van der Waals surface area contributed by atoms with Crippen LogP contribution in [0.3, 0.4) is 0 Å². The Kier molecular flexibility index (Phi) is 6.60. The largest absolute Gasteiger partial charge is 0.494 e. The van der Waals surface area contributed by atoms with Crippen LogP contribution in [0.5, 0.6) is 5.75 Å². The van der Waals surface area contributed by atoms with Crippen LogP contribution < -0.4 is 9.64 Å². The molecule has 3 rings (SSSR count). The number of ketones is 1. The lowest BCUT2D eigenvalue weighted by molar-refractivity contribution is 0.0318. The molecular weight excluding hydrogens is 360 g/mol. The van der Waals surface area contributed by atoms with E-state index in [4.69, 9.17) is 14.2 Å². The first-order chi connectivity index (χ1) is 13.6. The van der Waals surface area contributed by atoms with Gasteiger partial charge in [0.2, 0.25) is 5.78 Å². The summed E-state index contributed by atoms with van der Waals surface area (Å²) in [5, 5.41) is 0. The van der Waals surface area contributed by atoms with E-state index in [0.717, 1.165) is 18.9 Å². The average molecular weight is 384 g/mol. The Morgan fingerprint density at radius 2 is 1.79 bits per heavy atom. The Morgan fingerprint density at radius 3 is 2.39 bits per heavy atom. The lowest BCUT2D eigenvalue weighted by atomic mass is 10.1. The van der Waals surface area contributed by atoms with E-state index in [-0.39, 0.29) is 5.78 Å². The maximum atomic E-state index is 12.5. The van der Waals surface area contributed by atoms with Crippen molar-refractivity contribution in [3.63, 3.8) is 0 Å². The molecule has 7 nitrogen and oxygen atoms in total. The zero-order valence-corrected chi connectivity index (χ0v) is 16.1. The van der Waals surface area contributed by atoms with Gasteiger partial charge in [0, 0.05) is 24.8 Å². The zero-order valence-electron chi connectivity index (χ0n) is 16.1. The summed E-state index contributed by atoms with van der Waals surface area (Å²) in [6.45, 7) is 6.87. The van der Waals surface area contributed by atoms with Gasteiger partial charge >= 0.3 is 5.97 Å². The molecule has 0 unspecified atom stereocenters. The van der Waals surface area contributed by atoms with Crippen LogP contribution in [0.2, 0.25) is 0 Å². The molecule has 1 saturated heterocycles. The van der Waals surface area contributed by atoms with Crippen LogP contribution in [0, 0.1) is 0 Å². The molecule has 1 aliphatic heterocycles. The van der Waals surface area contributed by atoms with Crippen LogP contribution in [0.1, 0.15) is 34.6 Å². The van der Waals surface area contributed by atoms with Gasteiger partial charge in [0.15, 0.2) is 6.10 Å². The fraction of sp³-hybridized carbons (Fsp3) is 0.381. The average Bonchev–Trinajstić information content (AvgIpc) is 2.74. The molecule has 28 heavy (non-hydrogen) atoms. The highest BCUT2D eigenvalue weighted by molar-refractivity contribution is 6.01. The Labute approximate surface area is 164 Å². The van der Waals surface area contributed by atoms with Gasteiger partial charge in [-0.3, -0.25) is 4.79 Å². The standard InChI is InChI=1S/C21H24N2O5/c1-3-27-18-7-4-16(5-8-18)20(24)15(2)28-21(25)17-6-9-19(22-14-17)23-10-12-26-13-11-23/h4-9,14-15H,3,10-13H2,1-2H3/t15-/m0/s1. The van der Waals surface area contributed by atoms with Crippen LogP contribution in [0.25, 0.3) is 0 Å². The molecule has 1 fully saturated rings. The topological polar surface area (TPSA) is 78.0 Å². The summed E-state index contributed by atoms with van der Waals surface area (Å²) in [4.78, 5) is 31.3. The third-order valence-corrected chi connectivity index (χ3v) is 4.42. The van der Waals surface area contributed by atoms with E-state index in [1.165, 1.54) is 6.20 Å². The SMILES string of the molecule is CCOc1ccc(C(=O)[C@H](C)OC(=O)c2ccc(N3CCOCC3)nc2)cc1. The van der Waals surface area contributed by atoms with Gasteiger partial charge in [-0.25, -0.2) is 9.78 Å². The van der Waals surface area contributed by atoms with Crippen molar-refractivity contribution in [2.24, 2.45) is 0 Å². The van der Waals surface area contributed by atoms with Crippen molar-refractivity contribution in [3.8, 4) is 5.75 Å². The maximum Gasteiger partial charge on any atom is 0.340 e. The van der Waals surface area contributed by atoms with Crippen LogP contribution >= 0.6 is 0 Å². The molecule has 0 spiro atoms. The van der Waals surface area contributed by atoms with Crippen LogP contribution in [0.4, 0.5) is 5.82 Å². The fourth-order valence-corrected chi connectivity index (χ4v) is 2.89. The van der Waals surface area contributed by atoms with Crippen LogP contribution in [0.15, 0.2) is 42.6 Å². The summed E-state index contributed by atoms with van der Waals surface area (Å²) in [7, 11) is 0. The Hall–Kier alpha value is -2.93. The van der Waals surface area contributed by atoms with Crippen molar-refractivity contribution in [1.29, 1.82) is 0 Å². The summed E-state index contributed by atoms with van der Waals surface area (Å²) in [5.41, 5.74) is 0.771. The molecule has 0 N–H and O–H groups in total. The number of hydrogen-bond acceptors (Lipinski definition) is 7. The molecule has 2 heterocycles. The normalized spacial score (nSPS) is 15.0. The molecule has 0 saturated carbocycles. The lowest BCUT2D eigenvalue weighted by Gasteiger charge is -2.27. The monoisotopic (exact) mass is 384 g/mol. The number of Topliss-reactive ketones (excluding diaryl/α,β-unsaturated/α-hetero) is 1. The van der Waals surface area contributed by atoms with Crippen molar-refractivity contribution >= 4 is 17.6 Å². The number of nitrogens with zero attached hydrogens (tertiary/aromatic N) is 2. The molecule has 1 atom stereocenters. The van der Waals surface area contributed by atoms with Crippen molar-refractivity contribution in [3.05, 3.63) is 53.7 Å². The van der Waals surface area contributed by atoms with Gasteiger partial charge in [0.1, 0.15) is 11.6 Å². The summed E-state index contributed by atoms with van der Waals surface area (Å²) in [5.74, 6) is 0.635. The van der Waals surface area contributed by atoms with E-state index in [0.29, 0.717) is 36.7 Å². The number of anilines is 1. The molecule has 1 aromatic heterocycles. The number of esters is 1. The number of rotatable bonds is 7. The van der Waals surface area contributed by atoms with Crippen molar-refractivity contribution in [2.45, 2.75) is 20.0 Å². The van der Waals surface area contributed by atoms with E-state index in [2.05, 4.69) is 9.88 Å². The van der Waals surface area contributed by atoms with Gasteiger partial charge in [-0.2, -0.15) is 0 Å². The number of carbonyl (C=O) groups excluding carboxylic acids is 2. The number of morpholine rings is 1. The molecule has 0 bridgehead atoms. The first-order valence-corrected chi connectivity index (χ1v) is 9.35. The molecule has 1 aromatic carbocycles. The minimum Gasteiger partial charge on any atom is -0.494 e. The molecule has 1 aliphatic rings. The third-order valence-electron chi connectivity index (χ3n) is 4.42. The van der Waals surface area contributed by atoms with Gasteiger partial charge < -0.3 is 19.1 Å². The van der Waals surface area contributed by atoms with Crippen molar-refractivity contribution in [1.82, 2.24) is 4.98 Å². The molecule has 7 heteroatoms. The van der Waals surface area contributed by atoms with Gasteiger partial charge in [-0.1, -0.05) is 0 Å². The first kappa shape index (κ1) is 19.8. The summed E-state index contributed by atoms with van der Waals surface area (Å²) >= 11 is 0. The van der Waals surface area contributed by atoms with Gasteiger partial charge in [0.05, 0.1) is 25.4 Å². The Morgan fingerprint density at radius 1 is 1.11 bits per heavy atom. The van der Waals surface area contributed by atoms with Crippen molar-refractivity contribution in [2.75, 3.05) is 37.8 Å². The van der Waals surface area contributed by atoms with Gasteiger partial charge in [-0.15, -0.1) is 0 Å². The quantitative estimate of drug-likeness (QED) is 0.536. The summed E-state index contributed by atoms with van der Waals surface area (Å²) in [6.07, 6.45) is 0.575. The fourth-order valence-electron chi connectivity index (χ4n) is 2.89. The highest BCUT2D eigenvalue weighted by Gasteiger charge is 2.21. The minimum absolute atomic E-state index is 0.269. The zero-order chi connectivity index (χ0) is 19.9. The summed E-state index contributed by atoms with van der Waals surface area (Å²) < 4.78 is 16.0. The van der Waals surface area contributed by atoms with E-state index < -0.39 is 12.1 Å². The number of carbonyl (C=O) groups is 2. The highest BCUT2D eigenvalue weighted by atomic mass is 16.5. The van der Waals surface area contributed by atoms with E-state index in [1.54, 1.807) is 43.3 Å². The smallest absolute Gasteiger partial charge is 0.340 e. The highest BCUT2D eigenvalue weighted by Crippen LogP contribution is 2.16. The third kappa shape index (κ3) is 4.86. The number of ether oxygens (including phenoxy) is 3. The van der Waals surface area contributed by atoms with Gasteiger partial charge in [-0.05, 0) is 50.2 Å². The second-order valence-corrected chi connectivity index (χ2v) is 6.37. The van der Waals surface area contributed by atoms with E-state index >= 15 is 0 Å². The number of aromatic nitrogens is 1. The number of pyridine rings is 1. The second-order valence-electron chi connectivity index (χ2n) is 6.37. The Bertz CT molecular complexity index is 799. The molecule has 0 amide bonds. The molecule has 0 radical (unpaired) electrons. The van der Waals surface area contributed by atoms with E-state index in [1.807, 2.05) is 6.92 Å². The number of hydrogen-bond donors (Lipinski definition) is 0. The van der Waals surface area contributed by atoms with Crippen LogP contribution in [-0.2, 0) is 9.47 Å². The van der Waals surface area contributed by atoms with Crippen LogP contribution in [-0.4, -0.2) is 55.8 Å². The van der Waals surface area contributed by atoms with E-state index in [9.17, 15) is 9.59 Å². The molecule has 148 valence electrons. The Balaban J connectivity index is 1.59. The first-order valence-electron chi connectivity index (χ1n) is 9.35. The second kappa shape index (κ2) is 9.32. The summed E-state index contributed by atoms with van der Waals surface area (Å²) in [6, 6.07) is 10.2. The van der Waals surface area contributed by atoms with Crippen molar-refractivity contribution < 1.29 is 23.8 Å². The predicted molar refractivity (Wildman–Crippen MR) is 104 cm³/mol. The minimum atomic E-state index is -0.899. The maximum absolute atomic E-state index is 12.5. The lowest BCUT2D eigenvalue weighted by Crippen LogP contribution is -2.36. The molecule has 0 aliphatic carbocycles. The number of benzene rings is 1. The van der Waals surface area contributed by atoms with Gasteiger partial charge in [0.25, 0.3) is 0 Å². The molecule has 2 aromatic rings.